The summed E-state index contributed by atoms with van der Waals surface area (Å²) in [5.74, 6) is -1.11. The molecule has 2 aliphatic rings. The Morgan fingerprint density at radius 1 is 1.00 bits per heavy atom. The lowest BCUT2D eigenvalue weighted by Gasteiger charge is -2.31. The Hall–Kier alpha value is -2.91. The van der Waals surface area contributed by atoms with Crippen LogP contribution in [0.25, 0.3) is 0 Å². The van der Waals surface area contributed by atoms with E-state index in [-0.39, 0.29) is 54.5 Å². The van der Waals surface area contributed by atoms with Gasteiger partial charge in [0.2, 0.25) is 17.7 Å². The van der Waals surface area contributed by atoms with Gasteiger partial charge in [0.05, 0.1) is 5.56 Å². The van der Waals surface area contributed by atoms with Crippen LogP contribution in [0.5, 0.6) is 0 Å². The molecule has 1 aromatic carbocycles. The molecule has 0 unspecified atom stereocenters. The Labute approximate surface area is 177 Å². The monoisotopic (exact) mass is 439 g/mol. The van der Waals surface area contributed by atoms with Gasteiger partial charge >= 0.3 is 6.18 Å². The van der Waals surface area contributed by atoms with Crippen molar-refractivity contribution < 1.29 is 32.3 Å². The van der Waals surface area contributed by atoms with Gasteiger partial charge in [-0.2, -0.15) is 13.2 Å². The first-order valence-electron chi connectivity index (χ1n) is 10.2. The minimum absolute atomic E-state index is 0.138. The van der Waals surface area contributed by atoms with Crippen molar-refractivity contribution in [3.05, 3.63) is 35.4 Å². The Morgan fingerprint density at radius 2 is 1.58 bits per heavy atom. The number of hydrogen-bond acceptors (Lipinski definition) is 4. The molecule has 0 aliphatic carbocycles. The number of carbonyl (C=O) groups excluding carboxylic acids is 4. The van der Waals surface area contributed by atoms with Gasteiger partial charge in [-0.3, -0.25) is 24.1 Å². The topological polar surface area (TPSA) is 86.8 Å². The van der Waals surface area contributed by atoms with Crippen LogP contribution in [0, 0.1) is 5.92 Å². The number of nitrogens with zero attached hydrogens (tertiary/aromatic N) is 2. The summed E-state index contributed by atoms with van der Waals surface area (Å²) in [6.45, 7) is 1.32. The fourth-order valence-corrected chi connectivity index (χ4v) is 3.79. The quantitative estimate of drug-likeness (QED) is 0.544. The van der Waals surface area contributed by atoms with Crippen molar-refractivity contribution in [2.24, 2.45) is 5.92 Å². The lowest BCUT2D eigenvalue weighted by molar-refractivity contribution is -0.139. The van der Waals surface area contributed by atoms with Gasteiger partial charge in [-0.1, -0.05) is 0 Å². The fourth-order valence-electron chi connectivity index (χ4n) is 3.79. The summed E-state index contributed by atoms with van der Waals surface area (Å²) in [7, 11) is 0. The van der Waals surface area contributed by atoms with E-state index in [4.69, 9.17) is 0 Å². The largest absolute Gasteiger partial charge is 0.416 e. The lowest BCUT2D eigenvalue weighted by Crippen LogP contribution is -2.43. The highest BCUT2D eigenvalue weighted by molar-refractivity contribution is 6.01. The standard InChI is InChI=1S/C21H24F3N3O4/c22-21(23,24)16-4-2-15(3-5-16)20(31)26-12-8-14(9-13-26)19(30)25-10-1-11-27-17(28)6-7-18(27)29/h2-5,14H,1,6-13H2,(H,25,30). The second-order valence-corrected chi connectivity index (χ2v) is 7.73. The molecular formula is C21H24F3N3O4. The number of halogens is 3. The van der Waals surface area contributed by atoms with E-state index in [0.29, 0.717) is 38.9 Å². The Balaban J connectivity index is 1.40. The molecule has 4 amide bonds. The van der Waals surface area contributed by atoms with Crippen molar-refractivity contribution in [2.45, 2.75) is 38.3 Å². The van der Waals surface area contributed by atoms with Crippen LogP contribution >= 0.6 is 0 Å². The molecule has 1 N–H and O–H groups in total. The number of alkyl halides is 3. The smallest absolute Gasteiger partial charge is 0.356 e. The summed E-state index contributed by atoms with van der Waals surface area (Å²) in [6.07, 6.45) is -2.56. The molecule has 0 spiro atoms. The van der Waals surface area contributed by atoms with Crippen LogP contribution in [0.1, 0.15) is 48.0 Å². The highest BCUT2D eigenvalue weighted by Gasteiger charge is 2.32. The number of imide groups is 1. The molecule has 2 fully saturated rings. The third-order valence-corrected chi connectivity index (χ3v) is 5.62. The third-order valence-electron chi connectivity index (χ3n) is 5.62. The Bertz CT molecular complexity index is 830. The highest BCUT2D eigenvalue weighted by Crippen LogP contribution is 2.29. The number of benzene rings is 1. The molecule has 1 aromatic rings. The van der Waals surface area contributed by atoms with Crippen LogP contribution in [-0.2, 0) is 20.6 Å². The van der Waals surface area contributed by atoms with Gasteiger partial charge in [-0.15, -0.1) is 0 Å². The number of piperidine rings is 1. The number of rotatable bonds is 6. The summed E-state index contributed by atoms with van der Waals surface area (Å²) in [5.41, 5.74) is -0.625. The number of amides is 4. The van der Waals surface area contributed by atoms with Gasteiger partial charge in [-0.25, -0.2) is 0 Å². The molecule has 10 heteroatoms. The van der Waals surface area contributed by atoms with E-state index in [1.54, 1.807) is 0 Å². The second kappa shape index (κ2) is 9.49. The molecule has 0 bridgehead atoms. The zero-order valence-corrected chi connectivity index (χ0v) is 16.9. The van der Waals surface area contributed by atoms with Gasteiger partial charge in [0.25, 0.3) is 5.91 Å². The Kier molecular flexibility index (Phi) is 6.97. The van der Waals surface area contributed by atoms with E-state index >= 15 is 0 Å². The number of hydrogen-bond donors (Lipinski definition) is 1. The average Bonchev–Trinajstić information content (AvgIpc) is 3.07. The molecule has 2 saturated heterocycles. The van der Waals surface area contributed by atoms with E-state index in [9.17, 15) is 32.3 Å². The fraction of sp³-hybridized carbons (Fsp3) is 0.524. The van der Waals surface area contributed by atoms with E-state index in [0.717, 1.165) is 12.1 Å². The summed E-state index contributed by atoms with van der Waals surface area (Å²) >= 11 is 0. The minimum Gasteiger partial charge on any atom is -0.356 e. The normalized spacial score (nSPS) is 17.9. The first kappa shape index (κ1) is 22.8. The molecule has 2 heterocycles. The third kappa shape index (κ3) is 5.62. The molecule has 2 aliphatic heterocycles. The average molecular weight is 439 g/mol. The second-order valence-electron chi connectivity index (χ2n) is 7.73. The summed E-state index contributed by atoms with van der Waals surface area (Å²) in [4.78, 5) is 50.7. The molecule has 0 atom stereocenters. The van der Waals surface area contributed by atoms with Crippen LogP contribution in [0.3, 0.4) is 0 Å². The van der Waals surface area contributed by atoms with Crippen LogP contribution in [-0.4, -0.2) is 59.6 Å². The maximum Gasteiger partial charge on any atom is 0.416 e. The van der Waals surface area contributed by atoms with Crippen LogP contribution < -0.4 is 5.32 Å². The van der Waals surface area contributed by atoms with Crippen molar-refractivity contribution in [1.82, 2.24) is 15.1 Å². The van der Waals surface area contributed by atoms with Crippen molar-refractivity contribution >= 4 is 23.6 Å². The van der Waals surface area contributed by atoms with Gasteiger partial charge in [-0.05, 0) is 43.5 Å². The van der Waals surface area contributed by atoms with Crippen molar-refractivity contribution in [3.8, 4) is 0 Å². The maximum absolute atomic E-state index is 12.7. The predicted molar refractivity (Wildman–Crippen MR) is 104 cm³/mol. The first-order valence-corrected chi connectivity index (χ1v) is 10.2. The first-order chi connectivity index (χ1) is 14.7. The summed E-state index contributed by atoms with van der Waals surface area (Å²) in [5, 5.41) is 2.80. The minimum atomic E-state index is -4.45. The molecule has 0 aromatic heterocycles. The van der Waals surface area contributed by atoms with Crippen molar-refractivity contribution in [2.75, 3.05) is 26.2 Å². The molecule has 7 nitrogen and oxygen atoms in total. The van der Waals surface area contributed by atoms with Gasteiger partial charge in [0.1, 0.15) is 0 Å². The molecular weight excluding hydrogens is 415 g/mol. The predicted octanol–water partition coefficient (Wildman–Crippen LogP) is 2.21. The van der Waals surface area contributed by atoms with E-state index in [2.05, 4.69) is 5.32 Å². The molecule has 0 radical (unpaired) electrons. The zero-order chi connectivity index (χ0) is 22.6. The van der Waals surface area contributed by atoms with Gasteiger partial charge in [0.15, 0.2) is 0 Å². The van der Waals surface area contributed by atoms with Gasteiger partial charge < -0.3 is 10.2 Å². The molecule has 3 rings (SSSR count). The van der Waals surface area contributed by atoms with E-state index in [1.165, 1.54) is 21.9 Å². The highest BCUT2D eigenvalue weighted by atomic mass is 19.4. The molecule has 31 heavy (non-hydrogen) atoms. The Morgan fingerprint density at radius 3 is 2.13 bits per heavy atom. The number of carbonyl (C=O) groups is 4. The molecule has 168 valence electrons. The van der Waals surface area contributed by atoms with E-state index < -0.39 is 11.7 Å². The number of likely N-dealkylation sites (tertiary alicyclic amines) is 2. The van der Waals surface area contributed by atoms with Crippen molar-refractivity contribution in [3.63, 3.8) is 0 Å². The van der Waals surface area contributed by atoms with Crippen LogP contribution in [0.2, 0.25) is 0 Å². The van der Waals surface area contributed by atoms with Gasteiger partial charge in [0, 0.05) is 50.5 Å². The van der Waals surface area contributed by atoms with Crippen LogP contribution in [0.15, 0.2) is 24.3 Å². The van der Waals surface area contributed by atoms with E-state index in [1.807, 2.05) is 0 Å². The maximum atomic E-state index is 12.7. The van der Waals surface area contributed by atoms with Crippen molar-refractivity contribution in [1.29, 1.82) is 0 Å². The summed E-state index contributed by atoms with van der Waals surface area (Å²) < 4.78 is 38.0. The number of nitrogens with one attached hydrogen (secondary N) is 1. The lowest BCUT2D eigenvalue weighted by atomic mass is 9.95. The van der Waals surface area contributed by atoms with Crippen LogP contribution in [0.4, 0.5) is 13.2 Å². The SMILES string of the molecule is O=C(NCCCN1C(=O)CCC1=O)C1CCN(C(=O)c2ccc(C(F)(F)F)cc2)CC1. The summed E-state index contributed by atoms with van der Waals surface area (Å²) in [6, 6.07) is 4.10. The molecule has 0 saturated carbocycles. The zero-order valence-electron chi connectivity index (χ0n) is 16.9.